The van der Waals surface area contributed by atoms with E-state index in [1.54, 1.807) is 6.26 Å². The summed E-state index contributed by atoms with van der Waals surface area (Å²) in [5.74, 6) is 1.58. The molecule has 0 radical (unpaired) electrons. The van der Waals surface area contributed by atoms with Crippen LogP contribution in [0, 0.1) is 5.92 Å². The molecule has 0 spiro atoms. The van der Waals surface area contributed by atoms with Crippen molar-refractivity contribution in [2.45, 2.75) is 19.4 Å². The van der Waals surface area contributed by atoms with Crippen molar-refractivity contribution in [3.8, 4) is 11.6 Å². The van der Waals surface area contributed by atoms with Crippen molar-refractivity contribution >= 4 is 5.78 Å². The summed E-state index contributed by atoms with van der Waals surface area (Å²) in [5, 5.41) is 0. The molecule has 4 rings (SSSR count). The summed E-state index contributed by atoms with van der Waals surface area (Å²) in [6.45, 7) is 2.54. The second-order valence-corrected chi connectivity index (χ2v) is 6.70. The van der Waals surface area contributed by atoms with E-state index >= 15 is 0 Å². The number of hydrogen-bond donors (Lipinski definition) is 0. The third kappa shape index (κ3) is 3.73. The number of rotatable bonds is 5. The van der Waals surface area contributed by atoms with Gasteiger partial charge in [0, 0.05) is 42.5 Å². The van der Waals surface area contributed by atoms with Crippen LogP contribution in [0.2, 0.25) is 0 Å². The normalized spacial score (nSPS) is 17.9. The zero-order chi connectivity index (χ0) is 17.8. The van der Waals surface area contributed by atoms with Gasteiger partial charge in [0.15, 0.2) is 17.4 Å². The minimum atomic E-state index is 0.0643. The molecule has 1 atom stereocenters. The molecule has 5 nitrogen and oxygen atoms in total. The molecule has 1 aromatic carbocycles. The molecule has 26 heavy (non-hydrogen) atoms. The van der Waals surface area contributed by atoms with Crippen molar-refractivity contribution in [3.63, 3.8) is 0 Å². The van der Waals surface area contributed by atoms with E-state index in [0.717, 1.165) is 43.6 Å². The summed E-state index contributed by atoms with van der Waals surface area (Å²) in [4.78, 5) is 23.8. The van der Waals surface area contributed by atoms with Gasteiger partial charge >= 0.3 is 0 Å². The molecule has 132 valence electrons. The minimum Gasteiger partial charge on any atom is -0.461 e. The number of benzene rings is 1. The van der Waals surface area contributed by atoms with E-state index in [1.165, 1.54) is 0 Å². The molecule has 0 aliphatic carbocycles. The van der Waals surface area contributed by atoms with Gasteiger partial charge in [0.1, 0.15) is 0 Å². The average molecular weight is 347 g/mol. The Morgan fingerprint density at radius 3 is 2.65 bits per heavy atom. The van der Waals surface area contributed by atoms with E-state index in [9.17, 15) is 4.79 Å². The van der Waals surface area contributed by atoms with Gasteiger partial charge in [-0.3, -0.25) is 9.69 Å². The van der Waals surface area contributed by atoms with Crippen LogP contribution in [0.25, 0.3) is 11.6 Å². The average Bonchev–Trinajstić information content (AvgIpc) is 3.24. The fourth-order valence-electron chi connectivity index (χ4n) is 3.48. The first kappa shape index (κ1) is 16.7. The van der Waals surface area contributed by atoms with Gasteiger partial charge in [-0.2, -0.15) is 0 Å². The predicted molar refractivity (Wildman–Crippen MR) is 98.5 cm³/mol. The molecule has 1 fully saturated rings. The molecule has 0 N–H and O–H groups in total. The zero-order valence-electron chi connectivity index (χ0n) is 14.5. The van der Waals surface area contributed by atoms with Crippen LogP contribution in [0.4, 0.5) is 0 Å². The van der Waals surface area contributed by atoms with Gasteiger partial charge in [-0.25, -0.2) is 9.97 Å². The van der Waals surface area contributed by atoms with Crippen molar-refractivity contribution < 1.29 is 9.21 Å². The lowest BCUT2D eigenvalue weighted by molar-refractivity contribution is 0.0811. The van der Waals surface area contributed by atoms with E-state index in [4.69, 9.17) is 4.42 Å². The largest absolute Gasteiger partial charge is 0.461 e. The molecule has 5 heteroatoms. The van der Waals surface area contributed by atoms with Gasteiger partial charge in [-0.1, -0.05) is 30.3 Å². The first-order valence-electron chi connectivity index (χ1n) is 8.96. The highest BCUT2D eigenvalue weighted by Crippen LogP contribution is 2.22. The number of likely N-dealkylation sites (tertiary alicyclic amines) is 1. The van der Waals surface area contributed by atoms with Crippen LogP contribution < -0.4 is 0 Å². The summed E-state index contributed by atoms with van der Waals surface area (Å²) in [5.41, 5.74) is 1.86. The van der Waals surface area contributed by atoms with Gasteiger partial charge in [-0.15, -0.1) is 0 Å². The molecule has 3 aromatic rings. The Morgan fingerprint density at radius 1 is 1.12 bits per heavy atom. The number of furan rings is 1. The standard InChI is InChI=1S/C21H21N3O2/c25-20(17-6-2-1-3-7-17)18-8-4-10-24(15-18)14-16-12-22-21(23-13-16)19-9-5-11-26-19/h1-3,5-7,9,11-13,18H,4,8,10,14-15H2/t18-/m1/s1. The second-order valence-electron chi connectivity index (χ2n) is 6.70. The van der Waals surface area contributed by atoms with Crippen LogP contribution in [0.1, 0.15) is 28.8 Å². The van der Waals surface area contributed by atoms with Crippen LogP contribution in [0.3, 0.4) is 0 Å². The van der Waals surface area contributed by atoms with Crippen molar-refractivity contribution in [1.82, 2.24) is 14.9 Å². The van der Waals surface area contributed by atoms with Crippen LogP contribution >= 0.6 is 0 Å². The van der Waals surface area contributed by atoms with Crippen LogP contribution in [0.15, 0.2) is 65.5 Å². The Bertz CT molecular complexity index is 845. The van der Waals surface area contributed by atoms with Crippen LogP contribution in [-0.4, -0.2) is 33.7 Å². The maximum absolute atomic E-state index is 12.7. The van der Waals surface area contributed by atoms with Gasteiger partial charge in [0.2, 0.25) is 0 Å². The predicted octanol–water partition coefficient (Wildman–Crippen LogP) is 3.83. The quantitative estimate of drug-likeness (QED) is 0.657. The highest BCUT2D eigenvalue weighted by atomic mass is 16.3. The van der Waals surface area contributed by atoms with E-state index in [-0.39, 0.29) is 11.7 Å². The highest BCUT2D eigenvalue weighted by Gasteiger charge is 2.26. The number of ketones is 1. The SMILES string of the molecule is O=C(c1ccccc1)[C@@H]1CCCN(Cc2cnc(-c3ccco3)nc2)C1. The lowest BCUT2D eigenvalue weighted by Gasteiger charge is -2.31. The molecule has 1 aliphatic heterocycles. The fraction of sp³-hybridized carbons (Fsp3) is 0.286. The van der Waals surface area contributed by atoms with E-state index in [1.807, 2.05) is 54.9 Å². The third-order valence-electron chi connectivity index (χ3n) is 4.79. The minimum absolute atomic E-state index is 0.0643. The second kappa shape index (κ2) is 7.62. The molecular weight excluding hydrogens is 326 g/mol. The van der Waals surface area contributed by atoms with Crippen molar-refractivity contribution in [1.29, 1.82) is 0 Å². The Balaban J connectivity index is 1.40. The number of carbonyl (C=O) groups excluding carboxylic acids is 1. The first-order valence-corrected chi connectivity index (χ1v) is 8.96. The molecule has 1 saturated heterocycles. The number of hydrogen-bond acceptors (Lipinski definition) is 5. The first-order chi connectivity index (χ1) is 12.8. The van der Waals surface area contributed by atoms with Crippen molar-refractivity contribution in [2.24, 2.45) is 5.92 Å². The Hall–Kier alpha value is -2.79. The zero-order valence-corrected chi connectivity index (χ0v) is 14.5. The Labute approximate surface area is 152 Å². The molecular formula is C21H21N3O2. The van der Waals surface area contributed by atoms with Crippen LogP contribution in [-0.2, 0) is 6.54 Å². The van der Waals surface area contributed by atoms with Gasteiger partial charge < -0.3 is 4.42 Å². The summed E-state index contributed by atoms with van der Waals surface area (Å²) >= 11 is 0. The molecule has 1 aliphatic rings. The van der Waals surface area contributed by atoms with E-state index in [0.29, 0.717) is 11.6 Å². The van der Waals surface area contributed by atoms with Gasteiger partial charge in [0.25, 0.3) is 0 Å². The maximum atomic E-state index is 12.7. The lowest BCUT2D eigenvalue weighted by Crippen LogP contribution is -2.38. The topological polar surface area (TPSA) is 59.2 Å². The number of Topliss-reactive ketones (excluding diaryl/α,β-unsaturated/α-hetero) is 1. The Morgan fingerprint density at radius 2 is 1.92 bits per heavy atom. The number of piperidine rings is 1. The number of aromatic nitrogens is 2. The lowest BCUT2D eigenvalue weighted by atomic mass is 9.90. The maximum Gasteiger partial charge on any atom is 0.195 e. The van der Waals surface area contributed by atoms with Crippen molar-refractivity contribution in [2.75, 3.05) is 13.1 Å². The molecule has 2 aromatic heterocycles. The highest BCUT2D eigenvalue weighted by molar-refractivity contribution is 5.98. The molecule has 0 saturated carbocycles. The third-order valence-corrected chi connectivity index (χ3v) is 4.79. The van der Waals surface area contributed by atoms with Crippen molar-refractivity contribution in [3.05, 3.63) is 72.2 Å². The van der Waals surface area contributed by atoms with Gasteiger partial charge in [0.05, 0.1) is 6.26 Å². The number of nitrogens with zero attached hydrogens (tertiary/aromatic N) is 3. The molecule has 0 bridgehead atoms. The molecule has 0 unspecified atom stereocenters. The van der Waals surface area contributed by atoms with E-state index < -0.39 is 0 Å². The van der Waals surface area contributed by atoms with E-state index in [2.05, 4.69) is 14.9 Å². The fourth-order valence-corrected chi connectivity index (χ4v) is 3.48. The summed E-state index contributed by atoms with van der Waals surface area (Å²) in [6, 6.07) is 13.3. The monoisotopic (exact) mass is 347 g/mol. The molecule has 0 amide bonds. The summed E-state index contributed by atoms with van der Waals surface area (Å²) in [7, 11) is 0. The van der Waals surface area contributed by atoms with Gasteiger partial charge in [-0.05, 0) is 31.5 Å². The molecule has 3 heterocycles. The van der Waals surface area contributed by atoms with Crippen LogP contribution in [0.5, 0.6) is 0 Å². The number of carbonyl (C=O) groups is 1. The summed E-state index contributed by atoms with van der Waals surface area (Å²) < 4.78 is 5.32. The Kier molecular flexibility index (Phi) is 4.88. The smallest absolute Gasteiger partial charge is 0.195 e. The summed E-state index contributed by atoms with van der Waals surface area (Å²) in [6.07, 6.45) is 7.29.